The van der Waals surface area contributed by atoms with Crippen molar-refractivity contribution in [1.82, 2.24) is 4.90 Å². The van der Waals surface area contributed by atoms with E-state index in [-0.39, 0.29) is 25.2 Å². The summed E-state index contributed by atoms with van der Waals surface area (Å²) in [5.74, 6) is 0.730. The number of rotatable bonds is 5. The Labute approximate surface area is 114 Å². The van der Waals surface area contributed by atoms with Crippen LogP contribution in [0.3, 0.4) is 0 Å². The number of piperidine rings is 1. The molecule has 104 valence electrons. The third-order valence-electron chi connectivity index (χ3n) is 3.52. The van der Waals surface area contributed by atoms with Gasteiger partial charge in [-0.1, -0.05) is 18.2 Å². The van der Waals surface area contributed by atoms with Crippen molar-refractivity contribution in [2.45, 2.75) is 31.7 Å². The molecule has 1 aliphatic rings. The quantitative estimate of drug-likeness (QED) is 0.881. The lowest BCUT2D eigenvalue weighted by molar-refractivity contribution is -0.137. The lowest BCUT2D eigenvalue weighted by Gasteiger charge is -2.35. The van der Waals surface area contributed by atoms with Gasteiger partial charge in [0.25, 0.3) is 5.91 Å². The van der Waals surface area contributed by atoms with E-state index in [1.807, 2.05) is 35.2 Å². The second-order valence-corrected chi connectivity index (χ2v) is 4.85. The molecule has 4 heteroatoms. The number of nitrogens with zero attached hydrogens (tertiary/aromatic N) is 1. The van der Waals surface area contributed by atoms with E-state index in [4.69, 9.17) is 9.84 Å². The number of para-hydroxylation sites is 1. The number of amides is 1. The molecule has 1 heterocycles. The van der Waals surface area contributed by atoms with Gasteiger partial charge in [0.2, 0.25) is 0 Å². The first-order valence-corrected chi connectivity index (χ1v) is 6.89. The van der Waals surface area contributed by atoms with Crippen molar-refractivity contribution in [2.75, 3.05) is 19.8 Å². The average Bonchev–Trinajstić information content (AvgIpc) is 2.47. The lowest BCUT2D eigenvalue weighted by atomic mass is 9.99. The molecule has 19 heavy (non-hydrogen) atoms. The minimum atomic E-state index is 0.0157. The van der Waals surface area contributed by atoms with E-state index >= 15 is 0 Å². The van der Waals surface area contributed by atoms with Crippen LogP contribution in [0, 0.1) is 0 Å². The average molecular weight is 263 g/mol. The first-order chi connectivity index (χ1) is 9.31. The maximum atomic E-state index is 12.2. The van der Waals surface area contributed by atoms with Gasteiger partial charge in [0.15, 0.2) is 6.61 Å². The van der Waals surface area contributed by atoms with Crippen LogP contribution in [0.15, 0.2) is 30.3 Å². The van der Waals surface area contributed by atoms with E-state index in [0.29, 0.717) is 12.2 Å². The first kappa shape index (κ1) is 13.9. The van der Waals surface area contributed by atoms with Crippen LogP contribution >= 0.6 is 0 Å². The van der Waals surface area contributed by atoms with E-state index in [0.717, 1.165) is 25.8 Å². The molecular formula is C15H21NO3. The van der Waals surface area contributed by atoms with Gasteiger partial charge in [0, 0.05) is 19.2 Å². The van der Waals surface area contributed by atoms with Crippen LogP contribution in [0.2, 0.25) is 0 Å². The Morgan fingerprint density at radius 2 is 2.11 bits per heavy atom. The second-order valence-electron chi connectivity index (χ2n) is 4.85. The van der Waals surface area contributed by atoms with Gasteiger partial charge in [-0.15, -0.1) is 0 Å². The summed E-state index contributed by atoms with van der Waals surface area (Å²) < 4.78 is 5.49. The van der Waals surface area contributed by atoms with Gasteiger partial charge in [-0.2, -0.15) is 0 Å². The predicted octanol–water partition coefficient (Wildman–Crippen LogP) is 1.83. The summed E-state index contributed by atoms with van der Waals surface area (Å²) in [6.07, 6.45) is 3.82. The minimum Gasteiger partial charge on any atom is -0.484 e. The first-order valence-electron chi connectivity index (χ1n) is 6.89. The highest BCUT2D eigenvalue weighted by Crippen LogP contribution is 2.20. The smallest absolute Gasteiger partial charge is 0.260 e. The second kappa shape index (κ2) is 7.14. The molecule has 0 aromatic heterocycles. The summed E-state index contributed by atoms with van der Waals surface area (Å²) in [6.45, 7) is 0.988. The molecule has 0 spiro atoms. The molecule has 1 atom stereocenters. The van der Waals surface area contributed by atoms with E-state index in [1.165, 1.54) is 0 Å². The lowest BCUT2D eigenvalue weighted by Crippen LogP contribution is -2.46. The molecule has 1 unspecified atom stereocenters. The zero-order valence-electron chi connectivity index (χ0n) is 11.1. The summed E-state index contributed by atoms with van der Waals surface area (Å²) in [6, 6.07) is 9.54. The molecule has 0 bridgehead atoms. The van der Waals surface area contributed by atoms with Crippen molar-refractivity contribution in [3.05, 3.63) is 30.3 Å². The number of ether oxygens (including phenoxy) is 1. The van der Waals surface area contributed by atoms with Gasteiger partial charge in [-0.25, -0.2) is 0 Å². The SMILES string of the molecule is O=C(COc1ccccc1)N1CCCCC1CCO. The standard InChI is InChI=1S/C15H21NO3/c17-11-9-13-6-4-5-10-16(13)15(18)12-19-14-7-2-1-3-8-14/h1-3,7-8,13,17H,4-6,9-12H2. The molecule has 1 fully saturated rings. The van der Waals surface area contributed by atoms with Crippen molar-refractivity contribution in [3.8, 4) is 5.75 Å². The number of aliphatic hydroxyl groups is 1. The molecule has 1 saturated heterocycles. The highest BCUT2D eigenvalue weighted by atomic mass is 16.5. The van der Waals surface area contributed by atoms with E-state index in [1.54, 1.807) is 0 Å². The molecule has 1 aliphatic heterocycles. The Hall–Kier alpha value is -1.55. The highest BCUT2D eigenvalue weighted by Gasteiger charge is 2.26. The number of hydrogen-bond acceptors (Lipinski definition) is 3. The van der Waals surface area contributed by atoms with Crippen molar-refractivity contribution in [1.29, 1.82) is 0 Å². The monoisotopic (exact) mass is 263 g/mol. The van der Waals surface area contributed by atoms with Crippen molar-refractivity contribution in [2.24, 2.45) is 0 Å². The summed E-state index contributed by atoms with van der Waals surface area (Å²) >= 11 is 0. The Bertz CT molecular complexity index is 392. The maximum absolute atomic E-state index is 12.2. The molecular weight excluding hydrogens is 242 g/mol. The molecule has 1 N–H and O–H groups in total. The molecule has 0 radical (unpaired) electrons. The molecule has 1 aromatic rings. The zero-order valence-corrected chi connectivity index (χ0v) is 11.1. The van der Waals surface area contributed by atoms with Gasteiger partial charge in [-0.05, 0) is 37.8 Å². The third-order valence-corrected chi connectivity index (χ3v) is 3.52. The van der Waals surface area contributed by atoms with Gasteiger partial charge in [-0.3, -0.25) is 4.79 Å². The van der Waals surface area contributed by atoms with Crippen LogP contribution in [0.1, 0.15) is 25.7 Å². The largest absolute Gasteiger partial charge is 0.484 e. The summed E-state index contributed by atoms with van der Waals surface area (Å²) in [5.41, 5.74) is 0. The number of carbonyl (C=O) groups excluding carboxylic acids is 1. The third kappa shape index (κ3) is 3.96. The number of benzene rings is 1. The fraction of sp³-hybridized carbons (Fsp3) is 0.533. The zero-order chi connectivity index (χ0) is 13.5. The van der Waals surface area contributed by atoms with Crippen molar-refractivity contribution >= 4 is 5.91 Å². The predicted molar refractivity (Wildman–Crippen MR) is 73.0 cm³/mol. The number of hydrogen-bond donors (Lipinski definition) is 1. The Morgan fingerprint density at radius 1 is 1.32 bits per heavy atom. The summed E-state index contributed by atoms with van der Waals surface area (Å²) in [5, 5.41) is 9.06. The van der Waals surface area contributed by atoms with E-state index < -0.39 is 0 Å². The maximum Gasteiger partial charge on any atom is 0.260 e. The van der Waals surface area contributed by atoms with Crippen LogP contribution in [0.25, 0.3) is 0 Å². The molecule has 1 aromatic carbocycles. The topological polar surface area (TPSA) is 49.8 Å². The van der Waals surface area contributed by atoms with Gasteiger partial charge >= 0.3 is 0 Å². The fourth-order valence-corrected chi connectivity index (χ4v) is 2.52. The highest BCUT2D eigenvalue weighted by molar-refractivity contribution is 5.78. The Balaban J connectivity index is 1.87. The van der Waals surface area contributed by atoms with E-state index in [2.05, 4.69) is 0 Å². The fourth-order valence-electron chi connectivity index (χ4n) is 2.52. The molecule has 1 amide bonds. The summed E-state index contributed by atoms with van der Waals surface area (Å²) in [7, 11) is 0. The number of likely N-dealkylation sites (tertiary alicyclic amines) is 1. The summed E-state index contributed by atoms with van der Waals surface area (Å²) in [4.78, 5) is 14.0. The molecule has 4 nitrogen and oxygen atoms in total. The minimum absolute atomic E-state index is 0.0157. The van der Waals surface area contributed by atoms with Crippen LogP contribution in [0.4, 0.5) is 0 Å². The Kier molecular flexibility index (Phi) is 5.21. The van der Waals surface area contributed by atoms with Crippen LogP contribution < -0.4 is 4.74 Å². The molecule has 0 aliphatic carbocycles. The van der Waals surface area contributed by atoms with E-state index in [9.17, 15) is 4.79 Å². The molecule has 2 rings (SSSR count). The van der Waals surface area contributed by atoms with Crippen molar-refractivity contribution < 1.29 is 14.6 Å². The van der Waals surface area contributed by atoms with Gasteiger partial charge in [0.05, 0.1) is 0 Å². The van der Waals surface area contributed by atoms with Crippen LogP contribution in [0.5, 0.6) is 5.75 Å². The van der Waals surface area contributed by atoms with Crippen LogP contribution in [-0.2, 0) is 4.79 Å². The normalized spacial score (nSPS) is 19.2. The van der Waals surface area contributed by atoms with Crippen molar-refractivity contribution in [3.63, 3.8) is 0 Å². The van der Waals surface area contributed by atoms with Gasteiger partial charge in [0.1, 0.15) is 5.75 Å². The van der Waals surface area contributed by atoms with Gasteiger partial charge < -0.3 is 14.7 Å². The molecule has 0 saturated carbocycles. The van der Waals surface area contributed by atoms with Crippen LogP contribution in [-0.4, -0.2) is 41.7 Å². The number of aliphatic hydroxyl groups excluding tert-OH is 1. The number of carbonyl (C=O) groups is 1. The Morgan fingerprint density at radius 3 is 2.84 bits per heavy atom.